The van der Waals surface area contributed by atoms with Gasteiger partial charge in [-0.2, -0.15) is 0 Å². The molecule has 0 fully saturated rings. The van der Waals surface area contributed by atoms with Crippen LogP contribution in [-0.4, -0.2) is 29.0 Å². The van der Waals surface area contributed by atoms with Crippen LogP contribution in [0.2, 0.25) is 0 Å². The van der Waals surface area contributed by atoms with E-state index in [4.69, 9.17) is 17.7 Å². The van der Waals surface area contributed by atoms with Crippen LogP contribution in [0.25, 0.3) is 0 Å². The number of pyridine rings is 4. The van der Waals surface area contributed by atoms with Crippen molar-refractivity contribution in [3.8, 4) is 23.0 Å². The normalized spacial score (nSPS) is 10.8. The first kappa shape index (κ1) is 18.4. The minimum absolute atomic E-state index is 0.427. The van der Waals surface area contributed by atoms with Gasteiger partial charge in [-0.15, -0.1) is 0 Å². The lowest BCUT2D eigenvalue weighted by Gasteiger charge is -2.27. The second-order valence-corrected chi connectivity index (χ2v) is 7.48. The lowest BCUT2D eigenvalue weighted by Crippen LogP contribution is -2.60. The Morgan fingerprint density at radius 1 is 0.448 bits per heavy atom. The van der Waals surface area contributed by atoms with Crippen LogP contribution in [0.1, 0.15) is 0 Å². The summed E-state index contributed by atoms with van der Waals surface area (Å²) in [6.45, 7) is 0. The van der Waals surface area contributed by atoms with E-state index in [-0.39, 0.29) is 0 Å². The van der Waals surface area contributed by atoms with Crippen molar-refractivity contribution < 1.29 is 17.7 Å². The van der Waals surface area contributed by atoms with Gasteiger partial charge in [0.2, 0.25) is 0 Å². The van der Waals surface area contributed by atoms with Crippen molar-refractivity contribution in [2.45, 2.75) is 0 Å². The predicted octanol–water partition coefficient (Wildman–Crippen LogP) is 3.32. The zero-order valence-corrected chi connectivity index (χ0v) is 16.2. The maximum absolute atomic E-state index is 6.14. The Bertz CT molecular complexity index is 840. The Labute approximate surface area is 168 Å². The van der Waals surface area contributed by atoms with Gasteiger partial charge in [0.05, 0.1) is 24.8 Å². The number of aromatic nitrogens is 4. The Balaban J connectivity index is 1.75. The first-order valence-corrected chi connectivity index (χ1v) is 10.3. The molecule has 4 rings (SSSR count). The van der Waals surface area contributed by atoms with Crippen LogP contribution >= 0.6 is 0 Å². The van der Waals surface area contributed by atoms with Crippen molar-refractivity contribution in [2.24, 2.45) is 0 Å². The van der Waals surface area contributed by atoms with E-state index in [1.54, 1.807) is 98.1 Å². The molecule has 4 heterocycles. The number of hydrogen-bond acceptors (Lipinski definition) is 8. The minimum Gasteiger partial charge on any atom is -0.451 e. The van der Waals surface area contributed by atoms with Crippen LogP contribution in [-0.2, 0) is 0 Å². The SMILES string of the molecule is c1cncc(O[Si](Oc2cccnc2)(Oc2cccnc2)Oc2cccnc2)c1. The highest BCUT2D eigenvalue weighted by molar-refractivity contribution is 6.57. The number of hydrogen-bond donors (Lipinski definition) is 0. The maximum Gasteiger partial charge on any atom is 0.967 e. The van der Waals surface area contributed by atoms with Crippen LogP contribution in [0.5, 0.6) is 23.0 Å². The molecule has 0 aliphatic carbocycles. The summed E-state index contributed by atoms with van der Waals surface area (Å²) in [6, 6.07) is 13.9. The molecule has 29 heavy (non-hydrogen) atoms. The van der Waals surface area contributed by atoms with E-state index in [1.165, 1.54) is 0 Å². The molecule has 0 saturated heterocycles. The summed E-state index contributed by atoms with van der Waals surface area (Å²) in [6.07, 6.45) is 12.8. The fourth-order valence-corrected chi connectivity index (χ4v) is 4.22. The molecule has 8 nitrogen and oxygen atoms in total. The van der Waals surface area contributed by atoms with Gasteiger partial charge >= 0.3 is 9.05 Å². The van der Waals surface area contributed by atoms with E-state index in [9.17, 15) is 0 Å². The first-order valence-electron chi connectivity index (χ1n) is 8.67. The van der Waals surface area contributed by atoms with Gasteiger partial charge in [0, 0.05) is 24.8 Å². The average Bonchev–Trinajstić information content (AvgIpc) is 2.76. The van der Waals surface area contributed by atoms with Gasteiger partial charge in [-0.3, -0.25) is 19.9 Å². The monoisotopic (exact) mass is 404 g/mol. The first-order chi connectivity index (χ1) is 14.3. The van der Waals surface area contributed by atoms with Gasteiger partial charge < -0.3 is 17.7 Å². The summed E-state index contributed by atoms with van der Waals surface area (Å²) in [5.74, 6) is 1.71. The molecular formula is C20H16N4O4Si. The molecular weight excluding hydrogens is 388 g/mol. The Morgan fingerprint density at radius 3 is 0.931 bits per heavy atom. The van der Waals surface area contributed by atoms with E-state index in [1.807, 2.05) is 0 Å². The third kappa shape index (κ3) is 5.05. The summed E-state index contributed by atoms with van der Waals surface area (Å²) < 4.78 is 24.6. The van der Waals surface area contributed by atoms with E-state index < -0.39 is 9.05 Å². The van der Waals surface area contributed by atoms with E-state index in [0.717, 1.165) is 0 Å². The minimum atomic E-state index is -3.92. The van der Waals surface area contributed by atoms with Crippen LogP contribution in [0.4, 0.5) is 0 Å². The summed E-state index contributed by atoms with van der Waals surface area (Å²) in [7, 11) is -3.92. The summed E-state index contributed by atoms with van der Waals surface area (Å²) >= 11 is 0. The van der Waals surface area contributed by atoms with Crippen molar-refractivity contribution in [1.82, 2.24) is 19.9 Å². The second-order valence-electron chi connectivity index (χ2n) is 5.66. The smallest absolute Gasteiger partial charge is 0.451 e. The van der Waals surface area contributed by atoms with Gasteiger partial charge in [0.1, 0.15) is 23.0 Å². The average molecular weight is 404 g/mol. The lowest BCUT2D eigenvalue weighted by molar-refractivity contribution is 0.160. The molecule has 0 aromatic carbocycles. The third-order valence-electron chi connectivity index (χ3n) is 3.51. The topological polar surface area (TPSA) is 88.5 Å². The standard InChI is InChI=1S/C20H16N4O4Si/c1-5-17(13-21-9-1)25-29(26-18-6-2-10-22-14-18,27-19-7-3-11-23-15-19)28-20-8-4-12-24-16-20/h1-16H. The number of rotatable bonds is 8. The summed E-state index contributed by atoms with van der Waals surface area (Å²) in [5, 5.41) is 0. The molecule has 9 heteroatoms. The molecule has 4 aromatic heterocycles. The molecule has 0 bridgehead atoms. The Hall–Kier alpha value is -3.98. The largest absolute Gasteiger partial charge is 0.967 e. The van der Waals surface area contributed by atoms with Gasteiger partial charge in [-0.05, 0) is 48.5 Å². The van der Waals surface area contributed by atoms with Crippen LogP contribution in [0, 0.1) is 0 Å². The zero-order valence-electron chi connectivity index (χ0n) is 15.2. The summed E-state index contributed by atoms with van der Waals surface area (Å²) in [4.78, 5) is 16.3. The maximum atomic E-state index is 6.14. The molecule has 0 saturated carbocycles. The molecule has 0 atom stereocenters. The van der Waals surface area contributed by atoms with Crippen molar-refractivity contribution in [3.63, 3.8) is 0 Å². The molecule has 0 radical (unpaired) electrons. The van der Waals surface area contributed by atoms with E-state index in [2.05, 4.69) is 19.9 Å². The Morgan fingerprint density at radius 2 is 0.724 bits per heavy atom. The molecule has 4 aromatic rings. The van der Waals surface area contributed by atoms with Crippen molar-refractivity contribution in [3.05, 3.63) is 98.1 Å². The fraction of sp³-hybridized carbons (Fsp3) is 0. The molecule has 0 spiro atoms. The van der Waals surface area contributed by atoms with Gasteiger partial charge in [-0.1, -0.05) is 0 Å². The highest BCUT2D eigenvalue weighted by atomic mass is 28.4. The predicted molar refractivity (Wildman–Crippen MR) is 105 cm³/mol. The van der Waals surface area contributed by atoms with Crippen LogP contribution in [0.15, 0.2) is 98.1 Å². The van der Waals surface area contributed by atoms with E-state index >= 15 is 0 Å². The fourth-order valence-electron chi connectivity index (χ4n) is 2.33. The highest BCUT2D eigenvalue weighted by Gasteiger charge is 2.58. The van der Waals surface area contributed by atoms with Gasteiger partial charge in [0.15, 0.2) is 0 Å². The molecule has 0 unspecified atom stereocenters. The van der Waals surface area contributed by atoms with Crippen LogP contribution < -0.4 is 17.7 Å². The molecule has 0 amide bonds. The molecule has 0 N–H and O–H groups in total. The van der Waals surface area contributed by atoms with Crippen LogP contribution in [0.3, 0.4) is 0 Å². The number of nitrogens with zero attached hydrogens (tertiary/aromatic N) is 4. The molecule has 0 aliphatic rings. The van der Waals surface area contributed by atoms with Gasteiger partial charge in [0.25, 0.3) is 0 Å². The van der Waals surface area contributed by atoms with Gasteiger partial charge in [-0.25, -0.2) is 0 Å². The molecule has 0 aliphatic heterocycles. The Kier molecular flexibility index (Phi) is 5.58. The zero-order chi connectivity index (χ0) is 19.8. The van der Waals surface area contributed by atoms with Crippen molar-refractivity contribution in [2.75, 3.05) is 0 Å². The summed E-state index contributed by atoms with van der Waals surface area (Å²) in [5.41, 5.74) is 0. The van der Waals surface area contributed by atoms with Crippen molar-refractivity contribution in [1.29, 1.82) is 0 Å². The van der Waals surface area contributed by atoms with E-state index in [0.29, 0.717) is 23.0 Å². The van der Waals surface area contributed by atoms with Crippen molar-refractivity contribution >= 4 is 9.05 Å². The second kappa shape index (κ2) is 8.80. The molecule has 144 valence electrons. The third-order valence-corrected chi connectivity index (χ3v) is 5.45. The highest BCUT2D eigenvalue weighted by Crippen LogP contribution is 2.25. The quantitative estimate of drug-likeness (QED) is 0.413. The lowest BCUT2D eigenvalue weighted by atomic mass is 10.5.